The normalized spacial score (nSPS) is 12.8. The molecule has 0 saturated carbocycles. The third-order valence-electron chi connectivity index (χ3n) is 4.40. The van der Waals surface area contributed by atoms with Crippen LogP contribution in [0.4, 0.5) is 23.1 Å². The second-order valence-electron chi connectivity index (χ2n) is 6.20. The number of nitrogens with zero attached hydrogens (tertiary/aromatic N) is 3. The van der Waals surface area contributed by atoms with E-state index < -0.39 is 0 Å². The molecule has 2 heterocycles. The number of nitrogens with one attached hydrogen (secondary N) is 1. The van der Waals surface area contributed by atoms with E-state index in [2.05, 4.69) is 33.4 Å². The minimum Gasteiger partial charge on any atom is -0.495 e. The summed E-state index contributed by atoms with van der Waals surface area (Å²) in [7, 11) is 1.60. The van der Waals surface area contributed by atoms with Crippen LogP contribution in [-0.4, -0.2) is 23.6 Å². The minimum atomic E-state index is 0.553. The molecule has 2 aromatic carbocycles. The van der Waals surface area contributed by atoms with E-state index in [1.807, 2.05) is 37.3 Å². The molecule has 26 heavy (non-hydrogen) atoms. The Labute approximate surface area is 157 Å². The number of fused-ring (bicyclic) bond motifs is 1. The van der Waals surface area contributed by atoms with Crippen molar-refractivity contribution in [1.82, 2.24) is 9.97 Å². The first-order chi connectivity index (χ1) is 12.6. The average Bonchev–Trinajstić information content (AvgIpc) is 3.05. The Kier molecular flexibility index (Phi) is 4.39. The quantitative estimate of drug-likeness (QED) is 0.712. The van der Waals surface area contributed by atoms with E-state index in [0.29, 0.717) is 16.7 Å². The number of hydrogen-bond donors (Lipinski definition) is 1. The summed E-state index contributed by atoms with van der Waals surface area (Å²) in [5.74, 6) is 2.08. The molecule has 0 atom stereocenters. The predicted molar refractivity (Wildman–Crippen MR) is 105 cm³/mol. The second kappa shape index (κ2) is 6.84. The van der Waals surface area contributed by atoms with Crippen molar-refractivity contribution in [2.75, 3.05) is 23.9 Å². The first kappa shape index (κ1) is 16.7. The number of para-hydroxylation sites is 1. The topological polar surface area (TPSA) is 50.3 Å². The number of ether oxygens (including phenoxy) is 1. The predicted octanol–water partition coefficient (Wildman–Crippen LogP) is 4.88. The number of methoxy groups -OCH3 is 1. The molecular weight excluding hydrogens is 348 g/mol. The lowest BCUT2D eigenvalue weighted by Crippen LogP contribution is -2.17. The summed E-state index contributed by atoms with van der Waals surface area (Å²) in [4.78, 5) is 11.5. The van der Waals surface area contributed by atoms with E-state index in [1.54, 1.807) is 7.11 Å². The first-order valence-electron chi connectivity index (χ1n) is 8.46. The molecule has 6 heteroatoms. The highest BCUT2D eigenvalue weighted by Crippen LogP contribution is 2.33. The van der Waals surface area contributed by atoms with E-state index >= 15 is 0 Å². The van der Waals surface area contributed by atoms with Gasteiger partial charge in [-0.05, 0) is 43.2 Å². The molecule has 0 fully saturated rings. The fraction of sp³-hybridized carbons (Fsp3) is 0.200. The van der Waals surface area contributed by atoms with Gasteiger partial charge in [0, 0.05) is 29.7 Å². The van der Waals surface area contributed by atoms with E-state index in [0.717, 1.165) is 30.2 Å². The van der Waals surface area contributed by atoms with E-state index in [4.69, 9.17) is 21.3 Å². The Morgan fingerprint density at radius 1 is 1.12 bits per heavy atom. The number of aryl methyl sites for hydroxylation is 1. The van der Waals surface area contributed by atoms with Crippen LogP contribution in [0.3, 0.4) is 0 Å². The van der Waals surface area contributed by atoms with Crippen molar-refractivity contribution in [3.8, 4) is 5.75 Å². The molecule has 1 N–H and O–H groups in total. The highest BCUT2D eigenvalue weighted by Gasteiger charge is 2.22. The molecular formula is C20H19ClN4O. The van der Waals surface area contributed by atoms with Crippen LogP contribution in [0.15, 0.2) is 48.5 Å². The van der Waals surface area contributed by atoms with Gasteiger partial charge in [-0.2, -0.15) is 4.98 Å². The van der Waals surface area contributed by atoms with Crippen LogP contribution in [0.5, 0.6) is 5.75 Å². The fourth-order valence-electron chi connectivity index (χ4n) is 3.18. The summed E-state index contributed by atoms with van der Waals surface area (Å²) in [5.41, 5.74) is 4.26. The van der Waals surface area contributed by atoms with Crippen LogP contribution in [0.1, 0.15) is 11.3 Å². The smallest absolute Gasteiger partial charge is 0.232 e. The maximum atomic E-state index is 6.21. The van der Waals surface area contributed by atoms with Gasteiger partial charge in [0.1, 0.15) is 11.6 Å². The van der Waals surface area contributed by atoms with Crippen LogP contribution in [-0.2, 0) is 6.42 Å². The van der Waals surface area contributed by atoms with E-state index in [1.165, 1.54) is 11.3 Å². The molecule has 1 aliphatic rings. The number of benzene rings is 2. The van der Waals surface area contributed by atoms with Gasteiger partial charge in [-0.3, -0.25) is 0 Å². The van der Waals surface area contributed by atoms with Crippen LogP contribution in [0, 0.1) is 6.92 Å². The zero-order valence-corrected chi connectivity index (χ0v) is 15.4. The largest absolute Gasteiger partial charge is 0.495 e. The maximum absolute atomic E-state index is 6.21. The summed E-state index contributed by atoms with van der Waals surface area (Å²) in [5, 5.41) is 3.86. The average molecular weight is 367 g/mol. The summed E-state index contributed by atoms with van der Waals surface area (Å²) >= 11 is 6.21. The molecule has 132 valence electrons. The van der Waals surface area contributed by atoms with Crippen LogP contribution in [0.2, 0.25) is 5.02 Å². The number of hydrogen-bond acceptors (Lipinski definition) is 5. The highest BCUT2D eigenvalue weighted by atomic mass is 35.5. The SMILES string of the molecule is COc1ccc(Nc2cc(C)nc(N3CCc4ccccc43)n2)cc1Cl. The van der Waals surface area contributed by atoms with E-state index in [9.17, 15) is 0 Å². The zero-order chi connectivity index (χ0) is 18.1. The molecule has 4 rings (SSSR count). The lowest BCUT2D eigenvalue weighted by Gasteiger charge is -2.19. The third-order valence-corrected chi connectivity index (χ3v) is 4.69. The molecule has 0 radical (unpaired) electrons. The standard InChI is InChI=1S/C20H19ClN4O/c1-13-11-19(23-15-7-8-18(26-2)16(21)12-15)24-20(22-13)25-10-9-14-5-3-4-6-17(14)25/h3-8,11-12H,9-10H2,1-2H3,(H,22,23,24). The molecule has 0 unspecified atom stereocenters. The summed E-state index contributed by atoms with van der Waals surface area (Å²) < 4.78 is 5.20. The van der Waals surface area contributed by atoms with E-state index in [-0.39, 0.29) is 0 Å². The van der Waals surface area contributed by atoms with Gasteiger partial charge in [0.05, 0.1) is 12.1 Å². The lowest BCUT2D eigenvalue weighted by atomic mass is 10.2. The van der Waals surface area contributed by atoms with Gasteiger partial charge in [0.15, 0.2) is 0 Å². The van der Waals surface area contributed by atoms with Crippen molar-refractivity contribution in [2.24, 2.45) is 0 Å². The van der Waals surface area contributed by atoms with Gasteiger partial charge in [0.25, 0.3) is 0 Å². The number of aromatic nitrogens is 2. The molecule has 0 bridgehead atoms. The Balaban J connectivity index is 1.64. The maximum Gasteiger partial charge on any atom is 0.232 e. The van der Waals surface area contributed by atoms with Crippen molar-refractivity contribution < 1.29 is 4.74 Å². The highest BCUT2D eigenvalue weighted by molar-refractivity contribution is 6.32. The molecule has 0 spiro atoms. The van der Waals surface area contributed by atoms with Crippen molar-refractivity contribution in [3.63, 3.8) is 0 Å². The van der Waals surface area contributed by atoms with Crippen molar-refractivity contribution >= 4 is 34.7 Å². The zero-order valence-electron chi connectivity index (χ0n) is 14.7. The summed E-state index contributed by atoms with van der Waals surface area (Å²) in [6.45, 7) is 2.86. The Morgan fingerprint density at radius 3 is 2.77 bits per heavy atom. The molecule has 1 aromatic heterocycles. The number of anilines is 4. The van der Waals surface area contributed by atoms with Gasteiger partial charge >= 0.3 is 0 Å². The van der Waals surface area contributed by atoms with Gasteiger partial charge in [-0.1, -0.05) is 29.8 Å². The van der Waals surface area contributed by atoms with Gasteiger partial charge in [0.2, 0.25) is 5.95 Å². The third kappa shape index (κ3) is 3.18. The molecule has 5 nitrogen and oxygen atoms in total. The van der Waals surface area contributed by atoms with Crippen LogP contribution < -0.4 is 15.0 Å². The number of halogens is 1. The van der Waals surface area contributed by atoms with Gasteiger partial charge < -0.3 is 15.0 Å². The molecule has 0 saturated heterocycles. The lowest BCUT2D eigenvalue weighted by molar-refractivity contribution is 0.415. The van der Waals surface area contributed by atoms with Crippen molar-refractivity contribution in [2.45, 2.75) is 13.3 Å². The molecule has 1 aliphatic heterocycles. The number of rotatable bonds is 4. The van der Waals surface area contributed by atoms with Crippen LogP contribution in [0.25, 0.3) is 0 Å². The van der Waals surface area contributed by atoms with Gasteiger partial charge in [-0.15, -0.1) is 0 Å². The Hall–Kier alpha value is -2.79. The summed E-state index contributed by atoms with van der Waals surface area (Å²) in [6, 6.07) is 15.9. The Bertz CT molecular complexity index is 960. The summed E-state index contributed by atoms with van der Waals surface area (Å²) in [6.07, 6.45) is 1.00. The van der Waals surface area contributed by atoms with Crippen LogP contribution >= 0.6 is 11.6 Å². The van der Waals surface area contributed by atoms with Crippen molar-refractivity contribution in [3.05, 3.63) is 64.8 Å². The Morgan fingerprint density at radius 2 is 1.96 bits per heavy atom. The molecule has 0 amide bonds. The second-order valence-corrected chi connectivity index (χ2v) is 6.61. The van der Waals surface area contributed by atoms with Crippen molar-refractivity contribution in [1.29, 1.82) is 0 Å². The minimum absolute atomic E-state index is 0.553. The monoisotopic (exact) mass is 366 g/mol. The molecule has 0 aliphatic carbocycles. The van der Waals surface area contributed by atoms with Gasteiger partial charge in [-0.25, -0.2) is 4.98 Å². The molecule has 3 aromatic rings. The fourth-order valence-corrected chi connectivity index (χ4v) is 3.43. The first-order valence-corrected chi connectivity index (χ1v) is 8.83.